The number of aliphatic hydroxyl groups excluding tert-OH is 1. The lowest BCUT2D eigenvalue weighted by Crippen LogP contribution is -2.18. The molecule has 0 radical (unpaired) electrons. The molecule has 4 atom stereocenters. The van der Waals surface area contributed by atoms with Gasteiger partial charge >= 0.3 is 0 Å². The lowest BCUT2D eigenvalue weighted by molar-refractivity contribution is 0.0760. The van der Waals surface area contributed by atoms with Crippen LogP contribution in [0.2, 0.25) is 0 Å². The molecule has 0 spiro atoms. The van der Waals surface area contributed by atoms with E-state index in [9.17, 15) is 5.11 Å². The van der Waals surface area contributed by atoms with Gasteiger partial charge in [0.1, 0.15) is 0 Å². The van der Waals surface area contributed by atoms with E-state index >= 15 is 0 Å². The minimum absolute atomic E-state index is 0.265. The average Bonchev–Trinajstić information content (AvgIpc) is 3.12. The molecule has 1 nitrogen and oxygen atoms in total. The fraction of sp³-hybridized carbons (Fsp3) is 0.500. The minimum atomic E-state index is -0.265. The van der Waals surface area contributed by atoms with Gasteiger partial charge in [-0.05, 0) is 75.3 Å². The predicted octanol–water partition coefficient (Wildman–Crippen LogP) is 5.13. The van der Waals surface area contributed by atoms with Crippen LogP contribution in [-0.2, 0) is 0 Å². The zero-order valence-electron chi connectivity index (χ0n) is 10.7. The van der Waals surface area contributed by atoms with Gasteiger partial charge < -0.3 is 5.11 Å². The largest absolute Gasteiger partial charge is 0.388 e. The summed E-state index contributed by atoms with van der Waals surface area (Å²) >= 11 is 5.35. The Balaban J connectivity index is 1.72. The van der Waals surface area contributed by atoms with Crippen LogP contribution in [0.15, 0.2) is 28.1 Å². The number of aliphatic hydroxyl groups is 1. The Morgan fingerprint density at radius 2 is 2.16 bits per heavy atom. The number of thiophene rings is 1. The Morgan fingerprint density at radius 3 is 2.89 bits per heavy atom. The van der Waals surface area contributed by atoms with Crippen LogP contribution in [0.25, 0.3) is 10.1 Å². The van der Waals surface area contributed by atoms with E-state index in [1.165, 1.54) is 35.8 Å². The molecule has 2 saturated carbocycles. The van der Waals surface area contributed by atoms with E-state index in [0.29, 0.717) is 5.92 Å². The second-order valence-corrected chi connectivity index (χ2v) is 7.83. The molecule has 1 N–H and O–H groups in total. The quantitative estimate of drug-likeness (QED) is 0.805. The standard InChI is InChI=1S/C16H17BrOS/c17-14-3-1-2-11-13(8-19-16(11)14)15(18)12-7-9-4-5-10(12)6-9/h1-3,8-10,12,15,18H,4-7H2. The van der Waals surface area contributed by atoms with Gasteiger partial charge in [0, 0.05) is 9.17 Å². The van der Waals surface area contributed by atoms with Gasteiger partial charge in [0.25, 0.3) is 0 Å². The van der Waals surface area contributed by atoms with Crippen LogP contribution < -0.4 is 0 Å². The van der Waals surface area contributed by atoms with Crippen molar-refractivity contribution in [1.29, 1.82) is 0 Å². The highest BCUT2D eigenvalue weighted by Crippen LogP contribution is 2.53. The van der Waals surface area contributed by atoms with E-state index in [1.807, 2.05) is 0 Å². The molecule has 0 saturated heterocycles. The van der Waals surface area contributed by atoms with Crippen molar-refractivity contribution >= 4 is 37.4 Å². The summed E-state index contributed by atoms with van der Waals surface area (Å²) in [6.45, 7) is 0. The summed E-state index contributed by atoms with van der Waals surface area (Å²) in [4.78, 5) is 0. The molecular formula is C16H17BrOS. The van der Waals surface area contributed by atoms with Crippen molar-refractivity contribution in [2.75, 3.05) is 0 Å². The third-order valence-electron chi connectivity index (χ3n) is 5.10. The molecule has 2 aliphatic carbocycles. The molecule has 2 bridgehead atoms. The maximum Gasteiger partial charge on any atom is 0.0835 e. The topological polar surface area (TPSA) is 20.2 Å². The van der Waals surface area contributed by atoms with Gasteiger partial charge in [-0.3, -0.25) is 0 Å². The third kappa shape index (κ3) is 1.90. The maximum absolute atomic E-state index is 10.8. The average molecular weight is 337 g/mol. The van der Waals surface area contributed by atoms with Crippen molar-refractivity contribution in [1.82, 2.24) is 0 Å². The molecule has 2 aromatic rings. The first kappa shape index (κ1) is 12.4. The van der Waals surface area contributed by atoms with Crippen molar-refractivity contribution < 1.29 is 5.11 Å². The van der Waals surface area contributed by atoms with Gasteiger partial charge in [0.2, 0.25) is 0 Å². The number of rotatable bonds is 2. The molecule has 4 rings (SSSR count). The number of halogens is 1. The summed E-state index contributed by atoms with van der Waals surface area (Å²) in [5.74, 6) is 2.15. The first-order chi connectivity index (χ1) is 9.24. The molecule has 3 heteroatoms. The molecule has 100 valence electrons. The summed E-state index contributed by atoms with van der Waals surface area (Å²) < 4.78 is 2.40. The maximum atomic E-state index is 10.8. The lowest BCUT2D eigenvalue weighted by Gasteiger charge is -2.26. The van der Waals surface area contributed by atoms with Crippen molar-refractivity contribution in [3.05, 3.63) is 33.6 Å². The monoisotopic (exact) mass is 336 g/mol. The molecule has 19 heavy (non-hydrogen) atoms. The second kappa shape index (κ2) is 4.57. The Kier molecular flexibility index (Phi) is 2.98. The first-order valence-electron chi connectivity index (χ1n) is 7.07. The van der Waals surface area contributed by atoms with Crippen LogP contribution in [0.4, 0.5) is 0 Å². The summed E-state index contributed by atoms with van der Waals surface area (Å²) in [6.07, 6.45) is 5.05. The van der Waals surface area contributed by atoms with Crippen LogP contribution in [0.1, 0.15) is 37.4 Å². The van der Waals surface area contributed by atoms with Gasteiger partial charge in [-0.25, -0.2) is 0 Å². The molecule has 2 aliphatic rings. The molecule has 1 aromatic carbocycles. The zero-order valence-corrected chi connectivity index (χ0v) is 13.1. The normalized spacial score (nSPS) is 31.2. The Morgan fingerprint density at radius 1 is 1.26 bits per heavy atom. The highest BCUT2D eigenvalue weighted by Gasteiger charge is 2.43. The zero-order chi connectivity index (χ0) is 13.0. The van der Waals surface area contributed by atoms with Gasteiger partial charge in [0.15, 0.2) is 0 Å². The van der Waals surface area contributed by atoms with Crippen molar-refractivity contribution in [3.63, 3.8) is 0 Å². The highest BCUT2D eigenvalue weighted by atomic mass is 79.9. The number of benzene rings is 1. The van der Waals surface area contributed by atoms with Gasteiger partial charge in [-0.1, -0.05) is 18.6 Å². The van der Waals surface area contributed by atoms with Gasteiger partial charge in [0.05, 0.1) is 6.10 Å². The Bertz CT molecular complexity index is 620. The van der Waals surface area contributed by atoms with Crippen molar-refractivity contribution in [2.24, 2.45) is 17.8 Å². The van der Waals surface area contributed by atoms with Crippen LogP contribution in [0.5, 0.6) is 0 Å². The minimum Gasteiger partial charge on any atom is -0.388 e. The van der Waals surface area contributed by atoms with Crippen LogP contribution in [-0.4, -0.2) is 5.11 Å². The smallest absolute Gasteiger partial charge is 0.0835 e. The molecule has 0 amide bonds. The Labute approximate surface area is 125 Å². The highest BCUT2D eigenvalue weighted by molar-refractivity contribution is 9.10. The molecular weight excluding hydrogens is 320 g/mol. The molecule has 2 fully saturated rings. The van der Waals surface area contributed by atoms with E-state index < -0.39 is 0 Å². The number of fused-ring (bicyclic) bond motifs is 3. The summed E-state index contributed by atoms with van der Waals surface area (Å²) in [5, 5.41) is 14.2. The molecule has 1 heterocycles. The molecule has 0 aliphatic heterocycles. The summed E-state index contributed by atoms with van der Waals surface area (Å²) in [5.41, 5.74) is 1.15. The number of hydrogen-bond acceptors (Lipinski definition) is 2. The predicted molar refractivity (Wildman–Crippen MR) is 83.4 cm³/mol. The third-order valence-corrected chi connectivity index (χ3v) is 7.07. The van der Waals surface area contributed by atoms with Gasteiger partial charge in [-0.2, -0.15) is 0 Å². The molecule has 1 aromatic heterocycles. The van der Waals surface area contributed by atoms with Crippen LogP contribution >= 0.6 is 27.3 Å². The van der Waals surface area contributed by atoms with E-state index in [-0.39, 0.29) is 6.10 Å². The summed E-state index contributed by atoms with van der Waals surface area (Å²) in [6, 6.07) is 6.28. The molecule has 4 unspecified atom stereocenters. The summed E-state index contributed by atoms with van der Waals surface area (Å²) in [7, 11) is 0. The van der Waals surface area contributed by atoms with Crippen molar-refractivity contribution in [2.45, 2.75) is 31.8 Å². The van der Waals surface area contributed by atoms with Crippen LogP contribution in [0.3, 0.4) is 0 Å². The Hall–Kier alpha value is -0.380. The fourth-order valence-corrected chi connectivity index (χ4v) is 5.83. The fourth-order valence-electron chi connectivity index (χ4n) is 4.18. The van der Waals surface area contributed by atoms with E-state index in [0.717, 1.165) is 21.9 Å². The lowest BCUT2D eigenvalue weighted by atomic mass is 9.82. The van der Waals surface area contributed by atoms with Crippen molar-refractivity contribution in [3.8, 4) is 0 Å². The van der Waals surface area contributed by atoms with E-state index in [2.05, 4.69) is 39.5 Å². The second-order valence-electron chi connectivity index (χ2n) is 6.09. The van der Waals surface area contributed by atoms with Crippen LogP contribution in [0, 0.1) is 17.8 Å². The number of hydrogen-bond donors (Lipinski definition) is 1. The SMILES string of the molecule is OC(c1csc2c(Br)cccc12)C1CC2CCC1C2. The van der Waals surface area contributed by atoms with E-state index in [1.54, 1.807) is 11.3 Å². The van der Waals surface area contributed by atoms with Gasteiger partial charge in [-0.15, -0.1) is 11.3 Å². The first-order valence-corrected chi connectivity index (χ1v) is 8.75. The van der Waals surface area contributed by atoms with E-state index in [4.69, 9.17) is 0 Å².